The van der Waals surface area contributed by atoms with Crippen molar-refractivity contribution in [1.82, 2.24) is 29.2 Å². The molecule has 3 aliphatic rings. The van der Waals surface area contributed by atoms with Crippen molar-refractivity contribution in [2.45, 2.75) is 56.9 Å². The number of hydrogen-bond donors (Lipinski definition) is 2. The number of hydrogen-bond acceptors (Lipinski definition) is 8. The Balaban J connectivity index is 1.50. The van der Waals surface area contributed by atoms with E-state index in [0.717, 1.165) is 22.0 Å². The van der Waals surface area contributed by atoms with Gasteiger partial charge in [0.25, 0.3) is 11.8 Å². The molecular weight excluding hydrogens is 602 g/mol. The molecule has 0 saturated carbocycles. The predicted molar refractivity (Wildman–Crippen MR) is 164 cm³/mol. The van der Waals surface area contributed by atoms with Gasteiger partial charge in [0, 0.05) is 51.0 Å². The minimum Gasteiger partial charge on any atom is -0.482 e. The molecule has 5 rings (SSSR count). The molecule has 45 heavy (non-hydrogen) atoms. The topological polar surface area (TPSA) is 163 Å². The molecule has 2 N–H and O–H groups in total. The van der Waals surface area contributed by atoms with E-state index in [2.05, 4.69) is 29.6 Å². The van der Waals surface area contributed by atoms with Crippen molar-refractivity contribution in [3.8, 4) is 5.75 Å². The molecule has 3 heterocycles. The number of fused-ring (bicyclic) bond motifs is 2. The van der Waals surface area contributed by atoms with Crippen LogP contribution in [0.1, 0.15) is 54.9 Å². The highest BCUT2D eigenvalue weighted by molar-refractivity contribution is 7.89. The van der Waals surface area contributed by atoms with Gasteiger partial charge in [-0.25, -0.2) is 8.42 Å². The number of aromatic nitrogens is 2. The quantitative estimate of drug-likeness (QED) is 0.483. The Kier molecular flexibility index (Phi) is 9.49. The first kappa shape index (κ1) is 32.4. The summed E-state index contributed by atoms with van der Waals surface area (Å²) in [5.74, 6) is -0.830. The molecule has 1 aromatic heterocycles. The average molecular weight is 644 g/mol. The maximum atomic E-state index is 14.1. The minimum atomic E-state index is -4.21. The van der Waals surface area contributed by atoms with Gasteiger partial charge in [0.15, 0.2) is 12.3 Å². The fourth-order valence-corrected chi connectivity index (χ4v) is 7.48. The van der Waals surface area contributed by atoms with E-state index in [-0.39, 0.29) is 66.8 Å². The molecule has 1 aromatic carbocycles. The molecule has 0 spiro atoms. The van der Waals surface area contributed by atoms with Crippen LogP contribution in [0.5, 0.6) is 5.75 Å². The van der Waals surface area contributed by atoms with E-state index in [0.29, 0.717) is 37.5 Å². The first-order chi connectivity index (χ1) is 21.3. The van der Waals surface area contributed by atoms with E-state index in [9.17, 15) is 27.6 Å². The molecule has 2 bridgehead atoms. The lowest BCUT2D eigenvalue weighted by atomic mass is 9.89. The number of ether oxygens (including phenoxy) is 1. The van der Waals surface area contributed by atoms with Gasteiger partial charge in [-0.1, -0.05) is 13.8 Å². The number of nitrogens with one attached hydrogen (secondary N) is 2. The molecular formula is C30H41N7O7S. The summed E-state index contributed by atoms with van der Waals surface area (Å²) in [4.78, 5) is 55.1. The van der Waals surface area contributed by atoms with Gasteiger partial charge in [-0.05, 0) is 56.2 Å². The van der Waals surface area contributed by atoms with E-state index >= 15 is 0 Å². The van der Waals surface area contributed by atoms with Crippen molar-refractivity contribution < 1.29 is 32.3 Å². The Hall–Kier alpha value is -3.98. The number of sulfonamides is 1. The highest BCUT2D eigenvalue weighted by Crippen LogP contribution is 2.32. The molecule has 1 atom stereocenters. The summed E-state index contributed by atoms with van der Waals surface area (Å²) >= 11 is 0. The smallest absolute Gasteiger partial charge is 0.274 e. The first-order valence-electron chi connectivity index (χ1n) is 15.3. The van der Waals surface area contributed by atoms with Gasteiger partial charge in [-0.3, -0.25) is 23.9 Å². The van der Waals surface area contributed by atoms with Crippen LogP contribution in [0.2, 0.25) is 0 Å². The van der Waals surface area contributed by atoms with Crippen LogP contribution in [-0.4, -0.2) is 108 Å². The summed E-state index contributed by atoms with van der Waals surface area (Å²) in [6, 6.07) is 3.95. The summed E-state index contributed by atoms with van der Waals surface area (Å²) in [5, 5.41) is 9.89. The number of rotatable bonds is 5. The summed E-state index contributed by atoms with van der Waals surface area (Å²) in [7, 11) is -0.873. The lowest BCUT2D eigenvalue weighted by Gasteiger charge is -2.36. The molecule has 0 fully saturated rings. The Bertz CT molecular complexity index is 1600. The molecule has 244 valence electrons. The summed E-state index contributed by atoms with van der Waals surface area (Å²) in [6.45, 7) is 3.92. The maximum Gasteiger partial charge on any atom is 0.274 e. The molecule has 1 aliphatic carbocycles. The fourth-order valence-electron chi connectivity index (χ4n) is 6.02. The molecule has 14 nitrogen and oxygen atoms in total. The largest absolute Gasteiger partial charge is 0.482 e. The van der Waals surface area contributed by atoms with Crippen molar-refractivity contribution in [1.29, 1.82) is 0 Å². The van der Waals surface area contributed by atoms with Gasteiger partial charge >= 0.3 is 0 Å². The number of amides is 4. The molecule has 2 aromatic rings. The Morgan fingerprint density at radius 3 is 2.62 bits per heavy atom. The van der Waals surface area contributed by atoms with Crippen LogP contribution in [0, 0.1) is 5.92 Å². The van der Waals surface area contributed by atoms with Crippen LogP contribution in [-0.2, 0) is 44.3 Å². The summed E-state index contributed by atoms with van der Waals surface area (Å²) < 4.78 is 36.3. The maximum absolute atomic E-state index is 14.1. The van der Waals surface area contributed by atoms with E-state index in [1.807, 2.05) is 0 Å². The van der Waals surface area contributed by atoms with Crippen LogP contribution in [0.15, 0.2) is 23.1 Å². The number of likely N-dealkylation sites (N-methyl/N-ethyl adjacent to an activating group) is 1. The van der Waals surface area contributed by atoms with Gasteiger partial charge in [0.1, 0.15) is 5.75 Å². The lowest BCUT2D eigenvalue weighted by molar-refractivity contribution is -0.134. The molecule has 1 unspecified atom stereocenters. The molecule has 0 saturated heterocycles. The van der Waals surface area contributed by atoms with Crippen LogP contribution in [0.3, 0.4) is 0 Å². The van der Waals surface area contributed by atoms with Crippen LogP contribution in [0.25, 0.3) is 0 Å². The van der Waals surface area contributed by atoms with Gasteiger partial charge in [0.2, 0.25) is 21.8 Å². The number of nitrogens with zero attached hydrogens (tertiary/aromatic N) is 5. The number of carbonyl (C=O) groups excluding carboxylic acids is 4. The van der Waals surface area contributed by atoms with E-state index in [1.165, 1.54) is 23.1 Å². The fraction of sp³-hybridized carbons (Fsp3) is 0.567. The summed E-state index contributed by atoms with van der Waals surface area (Å²) in [5.41, 5.74) is 2.17. The second kappa shape index (κ2) is 13.2. The van der Waals surface area contributed by atoms with Crippen molar-refractivity contribution in [2.24, 2.45) is 13.0 Å². The SMILES string of the molecule is CC(C)CCN1C(=O)CN(S(=O)(=O)c2ccc3c(c2)NC(=O)CO3)CCCNC(=O)CN(C)C(=O)c2nn(C)c3c2CC1CC3. The third-order valence-electron chi connectivity index (χ3n) is 8.51. The molecule has 15 heteroatoms. The zero-order valence-corrected chi connectivity index (χ0v) is 27.0. The lowest BCUT2D eigenvalue weighted by Crippen LogP contribution is -2.50. The zero-order valence-electron chi connectivity index (χ0n) is 26.2. The number of benzene rings is 1. The zero-order chi connectivity index (χ0) is 32.5. The Morgan fingerprint density at radius 1 is 1.09 bits per heavy atom. The van der Waals surface area contributed by atoms with E-state index in [1.54, 1.807) is 23.7 Å². The van der Waals surface area contributed by atoms with Crippen LogP contribution >= 0.6 is 0 Å². The van der Waals surface area contributed by atoms with Gasteiger partial charge in [-0.2, -0.15) is 9.40 Å². The van der Waals surface area contributed by atoms with E-state index < -0.39 is 28.4 Å². The summed E-state index contributed by atoms with van der Waals surface area (Å²) in [6.07, 6.45) is 2.58. The highest BCUT2D eigenvalue weighted by atomic mass is 32.2. The van der Waals surface area contributed by atoms with Crippen molar-refractivity contribution in [2.75, 3.05) is 51.7 Å². The Labute approximate surface area is 263 Å². The second-order valence-electron chi connectivity index (χ2n) is 12.3. The number of aryl methyl sites for hydroxylation is 1. The normalized spacial score (nSPS) is 20.5. The van der Waals surface area contributed by atoms with Crippen molar-refractivity contribution in [3.05, 3.63) is 35.2 Å². The minimum absolute atomic E-state index is 0.0390. The highest BCUT2D eigenvalue weighted by Gasteiger charge is 2.36. The first-order valence-corrected chi connectivity index (χ1v) is 16.7. The standard InChI is InChI=1S/C30H41N7O7S/c1-19(2)10-13-37-20-6-8-24-22(14-20)29(33-35(24)4)30(41)34(3)16-26(38)31-11-5-12-36(17-28(37)40)45(42,43)21-7-9-25-23(15-21)32-27(39)18-44-25/h7,9,15,19-20H,5-6,8,10-14,16-18H2,1-4H3,(H,31,38)(H,32,39). The predicted octanol–water partition coefficient (Wildman–Crippen LogP) is 0.766. The second-order valence-corrected chi connectivity index (χ2v) is 14.2. The molecule has 2 aliphatic heterocycles. The Morgan fingerprint density at radius 2 is 1.87 bits per heavy atom. The van der Waals surface area contributed by atoms with Crippen LogP contribution < -0.4 is 15.4 Å². The number of carbonyl (C=O) groups is 4. The van der Waals surface area contributed by atoms with Gasteiger partial charge in [-0.15, -0.1) is 0 Å². The van der Waals surface area contributed by atoms with Crippen LogP contribution in [0.4, 0.5) is 5.69 Å². The third-order valence-corrected chi connectivity index (χ3v) is 10.3. The van der Waals surface area contributed by atoms with Gasteiger partial charge < -0.3 is 25.2 Å². The third kappa shape index (κ3) is 6.98. The monoisotopic (exact) mass is 643 g/mol. The number of anilines is 1. The van der Waals surface area contributed by atoms with E-state index in [4.69, 9.17) is 4.74 Å². The average Bonchev–Trinajstić information content (AvgIpc) is 3.32. The van der Waals surface area contributed by atoms with Gasteiger partial charge in [0.05, 0.1) is 23.7 Å². The van der Waals surface area contributed by atoms with Crippen molar-refractivity contribution in [3.63, 3.8) is 0 Å². The van der Waals surface area contributed by atoms with Crippen molar-refractivity contribution >= 4 is 39.3 Å². The molecule has 4 amide bonds. The molecule has 0 radical (unpaired) electrons.